The summed E-state index contributed by atoms with van der Waals surface area (Å²) in [6, 6.07) is 23.7. The minimum atomic E-state index is -0.324. The lowest BCUT2D eigenvalue weighted by Gasteiger charge is -2.19. The molecular weight excluding hydrogens is 360 g/mol. The van der Waals surface area contributed by atoms with E-state index in [0.717, 1.165) is 17.5 Å². The predicted molar refractivity (Wildman–Crippen MR) is 115 cm³/mol. The van der Waals surface area contributed by atoms with Gasteiger partial charge in [-0.3, -0.25) is 4.79 Å². The molecule has 1 amide bonds. The van der Waals surface area contributed by atoms with Crippen molar-refractivity contribution >= 4 is 12.1 Å². The van der Waals surface area contributed by atoms with E-state index in [-0.39, 0.29) is 23.0 Å². The predicted octanol–water partition coefficient (Wildman–Crippen LogP) is 4.47. The van der Waals surface area contributed by atoms with Gasteiger partial charge in [-0.2, -0.15) is 5.10 Å². The molecule has 0 bridgehead atoms. The lowest BCUT2D eigenvalue weighted by atomic mass is 9.85. The SMILES string of the molecule is Cc1ccc(C2(c3ccc(C)cc3)CC2C(=O)NN=Cc2ccccc2O)cc1. The van der Waals surface area contributed by atoms with Crippen LogP contribution in [0.2, 0.25) is 0 Å². The highest BCUT2D eigenvalue weighted by molar-refractivity contribution is 5.88. The van der Waals surface area contributed by atoms with Crippen LogP contribution in [0, 0.1) is 19.8 Å². The number of amides is 1. The maximum absolute atomic E-state index is 12.9. The molecule has 0 saturated heterocycles. The first-order valence-electron chi connectivity index (χ1n) is 9.76. The molecule has 0 aromatic heterocycles. The maximum Gasteiger partial charge on any atom is 0.244 e. The monoisotopic (exact) mass is 384 g/mol. The van der Waals surface area contributed by atoms with E-state index in [0.29, 0.717) is 5.56 Å². The van der Waals surface area contributed by atoms with Crippen molar-refractivity contribution in [2.75, 3.05) is 0 Å². The van der Waals surface area contributed by atoms with Gasteiger partial charge >= 0.3 is 0 Å². The number of carbonyl (C=O) groups excluding carboxylic acids is 1. The first-order valence-corrected chi connectivity index (χ1v) is 9.76. The van der Waals surface area contributed by atoms with Crippen LogP contribution in [0.25, 0.3) is 0 Å². The Morgan fingerprint density at radius 2 is 1.52 bits per heavy atom. The molecule has 1 saturated carbocycles. The van der Waals surface area contributed by atoms with Gasteiger partial charge in [0.05, 0.1) is 12.1 Å². The Kier molecular flexibility index (Phi) is 4.93. The molecule has 4 nitrogen and oxygen atoms in total. The Morgan fingerprint density at radius 3 is 2.07 bits per heavy atom. The van der Waals surface area contributed by atoms with E-state index < -0.39 is 0 Å². The smallest absolute Gasteiger partial charge is 0.244 e. The number of nitrogens with zero attached hydrogens (tertiary/aromatic N) is 1. The highest BCUT2D eigenvalue weighted by Gasteiger charge is 2.60. The molecule has 1 aliphatic rings. The zero-order valence-corrected chi connectivity index (χ0v) is 16.6. The summed E-state index contributed by atoms with van der Waals surface area (Å²) in [6.07, 6.45) is 2.21. The Balaban J connectivity index is 1.58. The van der Waals surface area contributed by atoms with Crippen LogP contribution in [0.15, 0.2) is 77.9 Å². The summed E-state index contributed by atoms with van der Waals surface area (Å²) in [4.78, 5) is 12.9. The van der Waals surface area contributed by atoms with Gasteiger partial charge in [0, 0.05) is 11.0 Å². The largest absolute Gasteiger partial charge is 0.507 e. The van der Waals surface area contributed by atoms with Gasteiger partial charge in [0.25, 0.3) is 0 Å². The summed E-state index contributed by atoms with van der Waals surface area (Å²) >= 11 is 0. The number of nitrogens with one attached hydrogen (secondary N) is 1. The average molecular weight is 384 g/mol. The number of carbonyl (C=O) groups is 1. The molecule has 146 valence electrons. The van der Waals surface area contributed by atoms with E-state index in [1.54, 1.807) is 18.2 Å². The summed E-state index contributed by atoms with van der Waals surface area (Å²) < 4.78 is 0. The number of para-hydroxylation sites is 1. The number of aryl methyl sites for hydroxylation is 2. The molecule has 0 radical (unpaired) electrons. The van der Waals surface area contributed by atoms with Gasteiger partial charge in [-0.25, -0.2) is 5.43 Å². The minimum Gasteiger partial charge on any atom is -0.507 e. The van der Waals surface area contributed by atoms with Crippen LogP contribution in [0.5, 0.6) is 5.75 Å². The van der Waals surface area contributed by atoms with Crippen LogP contribution >= 0.6 is 0 Å². The summed E-state index contributed by atoms with van der Waals surface area (Å²) in [5, 5.41) is 13.9. The standard InChI is InChI=1S/C25H24N2O2/c1-17-7-11-20(12-8-17)25(21-13-9-18(2)10-14-21)15-22(25)24(29)27-26-16-19-5-3-4-6-23(19)28/h3-14,16,22,28H,15H2,1-2H3,(H,27,29). The molecule has 0 heterocycles. The molecule has 1 atom stereocenters. The molecule has 4 heteroatoms. The van der Waals surface area contributed by atoms with Crippen molar-refractivity contribution < 1.29 is 9.90 Å². The van der Waals surface area contributed by atoms with Gasteiger partial charge in [-0.1, -0.05) is 71.8 Å². The number of rotatable bonds is 5. The fourth-order valence-electron chi connectivity index (χ4n) is 3.93. The molecule has 29 heavy (non-hydrogen) atoms. The Bertz CT molecular complexity index is 1010. The third-order valence-electron chi connectivity index (χ3n) is 5.73. The molecule has 2 N–H and O–H groups in total. The molecule has 4 rings (SSSR count). The Labute approximate surface area is 170 Å². The zero-order valence-electron chi connectivity index (χ0n) is 16.6. The Morgan fingerprint density at radius 1 is 0.966 bits per heavy atom. The summed E-state index contributed by atoms with van der Waals surface area (Å²) in [7, 11) is 0. The highest BCUT2D eigenvalue weighted by Crippen LogP contribution is 2.59. The van der Waals surface area contributed by atoms with Crippen LogP contribution in [0.1, 0.15) is 34.2 Å². The van der Waals surface area contributed by atoms with Crippen molar-refractivity contribution in [3.8, 4) is 5.75 Å². The first-order chi connectivity index (χ1) is 14.0. The van der Waals surface area contributed by atoms with Crippen molar-refractivity contribution in [2.24, 2.45) is 11.0 Å². The van der Waals surface area contributed by atoms with E-state index in [4.69, 9.17) is 0 Å². The molecule has 1 fully saturated rings. The lowest BCUT2D eigenvalue weighted by Crippen LogP contribution is -2.25. The first kappa shape index (κ1) is 18.9. The van der Waals surface area contributed by atoms with Crippen molar-refractivity contribution in [2.45, 2.75) is 25.7 Å². The quantitative estimate of drug-likeness (QED) is 0.504. The second-order valence-corrected chi connectivity index (χ2v) is 7.75. The second-order valence-electron chi connectivity index (χ2n) is 7.75. The third-order valence-corrected chi connectivity index (χ3v) is 5.73. The number of hydrazone groups is 1. The fourth-order valence-corrected chi connectivity index (χ4v) is 3.93. The summed E-state index contributed by atoms with van der Waals surface area (Å²) in [6.45, 7) is 4.13. The molecule has 3 aromatic rings. The van der Waals surface area contributed by atoms with Gasteiger partial charge < -0.3 is 5.11 Å². The molecule has 0 aliphatic heterocycles. The summed E-state index contributed by atoms with van der Waals surface area (Å²) in [5.74, 6) is -0.169. The molecular formula is C25H24N2O2. The molecule has 3 aromatic carbocycles. The maximum atomic E-state index is 12.9. The van der Waals surface area contributed by atoms with E-state index in [1.165, 1.54) is 17.3 Å². The second kappa shape index (κ2) is 7.55. The molecule has 0 spiro atoms. The van der Waals surface area contributed by atoms with Gasteiger partial charge in [-0.05, 0) is 43.5 Å². The zero-order chi connectivity index (χ0) is 20.4. The van der Waals surface area contributed by atoms with Gasteiger partial charge in [0.15, 0.2) is 0 Å². The number of aromatic hydroxyl groups is 1. The number of phenolic OH excluding ortho intramolecular Hbond substituents is 1. The van der Waals surface area contributed by atoms with Crippen molar-refractivity contribution in [3.63, 3.8) is 0 Å². The van der Waals surface area contributed by atoms with Crippen molar-refractivity contribution in [1.29, 1.82) is 0 Å². The van der Waals surface area contributed by atoms with E-state index in [2.05, 4.69) is 72.9 Å². The summed E-state index contributed by atoms with van der Waals surface area (Å²) in [5.41, 5.74) is 7.59. The van der Waals surface area contributed by atoms with Crippen LogP contribution in [-0.2, 0) is 10.2 Å². The highest BCUT2D eigenvalue weighted by atomic mass is 16.3. The Hall–Kier alpha value is -3.40. The van der Waals surface area contributed by atoms with Crippen LogP contribution in [-0.4, -0.2) is 17.2 Å². The average Bonchev–Trinajstić information content (AvgIpc) is 3.47. The van der Waals surface area contributed by atoms with Crippen LogP contribution in [0.4, 0.5) is 0 Å². The third kappa shape index (κ3) is 3.66. The van der Waals surface area contributed by atoms with Crippen LogP contribution < -0.4 is 5.43 Å². The van der Waals surface area contributed by atoms with Gasteiger partial charge in [0.2, 0.25) is 5.91 Å². The van der Waals surface area contributed by atoms with E-state index in [1.807, 2.05) is 6.07 Å². The van der Waals surface area contributed by atoms with Gasteiger partial charge in [0.1, 0.15) is 5.75 Å². The number of phenols is 1. The number of benzene rings is 3. The molecule has 1 unspecified atom stereocenters. The minimum absolute atomic E-state index is 0.113. The van der Waals surface area contributed by atoms with Gasteiger partial charge in [-0.15, -0.1) is 0 Å². The molecule has 1 aliphatic carbocycles. The fraction of sp³-hybridized carbons (Fsp3) is 0.200. The van der Waals surface area contributed by atoms with Crippen molar-refractivity contribution in [1.82, 2.24) is 5.43 Å². The van der Waals surface area contributed by atoms with E-state index >= 15 is 0 Å². The normalized spacial score (nSPS) is 17.2. The van der Waals surface area contributed by atoms with Crippen molar-refractivity contribution in [3.05, 3.63) is 101 Å². The number of hydrogen-bond acceptors (Lipinski definition) is 3. The lowest BCUT2D eigenvalue weighted by molar-refractivity contribution is -0.122. The van der Waals surface area contributed by atoms with E-state index in [9.17, 15) is 9.90 Å². The topological polar surface area (TPSA) is 61.7 Å². The van der Waals surface area contributed by atoms with Crippen LogP contribution in [0.3, 0.4) is 0 Å². The number of hydrogen-bond donors (Lipinski definition) is 2.